The number of nitrogens with one attached hydrogen (secondary N) is 1. The minimum atomic E-state index is -4.07. The molecule has 0 fully saturated rings. The first kappa shape index (κ1) is 28.8. The SMILES string of the molecule is Cc1noc(NS(=O)(=O)c2ccccc2-c2ccc(-c3ncco3)cc2CN(C)C(=O)C(C)(C)c2ccccc2)c1C. The summed E-state index contributed by atoms with van der Waals surface area (Å²) < 4.78 is 40.6. The molecule has 0 unspecified atom stereocenters. The van der Waals surface area contributed by atoms with Crippen molar-refractivity contribution in [1.82, 2.24) is 15.0 Å². The van der Waals surface area contributed by atoms with Gasteiger partial charge in [-0.3, -0.25) is 4.79 Å². The molecule has 0 saturated heterocycles. The number of hydrogen-bond acceptors (Lipinski definition) is 7. The van der Waals surface area contributed by atoms with E-state index in [1.165, 1.54) is 12.3 Å². The van der Waals surface area contributed by atoms with Crippen molar-refractivity contribution in [3.63, 3.8) is 0 Å². The summed E-state index contributed by atoms with van der Waals surface area (Å²) in [5.41, 5.74) is 3.85. The van der Waals surface area contributed by atoms with E-state index in [2.05, 4.69) is 14.9 Å². The smallest absolute Gasteiger partial charge is 0.264 e. The molecular formula is C32H32N4O5S. The zero-order valence-corrected chi connectivity index (χ0v) is 24.9. The van der Waals surface area contributed by atoms with Crippen LogP contribution in [0.3, 0.4) is 0 Å². The highest BCUT2D eigenvalue weighted by molar-refractivity contribution is 7.92. The predicted octanol–water partition coefficient (Wildman–Crippen LogP) is 6.35. The molecule has 0 bridgehead atoms. The van der Waals surface area contributed by atoms with Gasteiger partial charge in [0.05, 0.1) is 22.2 Å². The molecule has 2 heterocycles. The summed E-state index contributed by atoms with van der Waals surface area (Å²) in [7, 11) is -2.33. The van der Waals surface area contributed by atoms with E-state index in [1.807, 2.05) is 62.4 Å². The lowest BCUT2D eigenvalue weighted by Gasteiger charge is -2.30. The van der Waals surface area contributed by atoms with Crippen LogP contribution in [0.4, 0.5) is 5.88 Å². The van der Waals surface area contributed by atoms with Gasteiger partial charge in [-0.15, -0.1) is 0 Å². The second kappa shape index (κ2) is 11.3. The van der Waals surface area contributed by atoms with E-state index in [-0.39, 0.29) is 23.2 Å². The van der Waals surface area contributed by atoms with Crippen molar-refractivity contribution in [2.75, 3.05) is 11.8 Å². The highest BCUT2D eigenvalue weighted by Crippen LogP contribution is 2.35. The van der Waals surface area contributed by atoms with Crippen molar-refractivity contribution in [1.29, 1.82) is 0 Å². The van der Waals surface area contributed by atoms with Crippen molar-refractivity contribution >= 4 is 21.8 Å². The van der Waals surface area contributed by atoms with Crippen molar-refractivity contribution < 1.29 is 22.2 Å². The van der Waals surface area contributed by atoms with Crippen molar-refractivity contribution in [3.05, 3.63) is 108 Å². The van der Waals surface area contributed by atoms with Crippen LogP contribution in [0.15, 0.2) is 99.1 Å². The summed E-state index contributed by atoms with van der Waals surface area (Å²) in [5.74, 6) is 0.398. The van der Waals surface area contributed by atoms with Gasteiger partial charge >= 0.3 is 0 Å². The molecule has 5 aromatic rings. The lowest BCUT2D eigenvalue weighted by molar-refractivity contribution is -0.135. The zero-order valence-electron chi connectivity index (χ0n) is 24.1. The molecule has 10 heteroatoms. The Bertz CT molecular complexity index is 1830. The number of anilines is 1. The molecule has 216 valence electrons. The molecular weight excluding hydrogens is 552 g/mol. The molecule has 1 N–H and O–H groups in total. The fourth-order valence-corrected chi connectivity index (χ4v) is 6.15. The summed E-state index contributed by atoms with van der Waals surface area (Å²) in [4.78, 5) is 19.7. The predicted molar refractivity (Wildman–Crippen MR) is 160 cm³/mol. The van der Waals surface area contributed by atoms with Gasteiger partial charge in [-0.05, 0) is 62.6 Å². The van der Waals surface area contributed by atoms with Gasteiger partial charge in [0.25, 0.3) is 10.0 Å². The van der Waals surface area contributed by atoms with E-state index in [9.17, 15) is 13.2 Å². The van der Waals surface area contributed by atoms with Gasteiger partial charge < -0.3 is 13.8 Å². The number of nitrogens with zero attached hydrogens (tertiary/aromatic N) is 3. The third kappa shape index (κ3) is 5.58. The Labute approximate surface area is 245 Å². The average Bonchev–Trinajstić information content (AvgIpc) is 3.64. The van der Waals surface area contributed by atoms with Crippen LogP contribution in [0, 0.1) is 13.8 Å². The molecule has 42 heavy (non-hydrogen) atoms. The number of sulfonamides is 1. The Kier molecular flexibility index (Phi) is 7.74. The molecule has 0 aliphatic rings. The third-order valence-corrected chi connectivity index (χ3v) is 8.81. The Morgan fingerprint density at radius 2 is 1.69 bits per heavy atom. The van der Waals surface area contributed by atoms with E-state index >= 15 is 0 Å². The number of benzene rings is 3. The monoisotopic (exact) mass is 584 g/mol. The second-order valence-corrected chi connectivity index (χ2v) is 12.3. The molecule has 2 aromatic heterocycles. The minimum absolute atomic E-state index is 0.0576. The van der Waals surface area contributed by atoms with E-state index in [4.69, 9.17) is 8.94 Å². The van der Waals surface area contributed by atoms with Crippen molar-refractivity contribution in [2.24, 2.45) is 0 Å². The normalized spacial score (nSPS) is 11.8. The molecule has 0 radical (unpaired) electrons. The molecule has 0 spiro atoms. The van der Waals surface area contributed by atoms with E-state index in [0.29, 0.717) is 33.8 Å². The highest BCUT2D eigenvalue weighted by Gasteiger charge is 2.33. The molecule has 9 nitrogen and oxygen atoms in total. The first-order valence-corrected chi connectivity index (χ1v) is 14.9. The average molecular weight is 585 g/mol. The van der Waals surface area contributed by atoms with Crippen LogP contribution in [-0.2, 0) is 26.8 Å². The van der Waals surface area contributed by atoms with Gasteiger partial charge in [0.2, 0.25) is 17.7 Å². The summed E-state index contributed by atoms with van der Waals surface area (Å²) >= 11 is 0. The number of likely N-dealkylation sites (N-methyl/N-ethyl adjacent to an activating group) is 1. The van der Waals surface area contributed by atoms with Crippen LogP contribution in [0.1, 0.15) is 36.2 Å². The summed E-state index contributed by atoms with van der Waals surface area (Å²) in [6, 6.07) is 21.9. The van der Waals surface area contributed by atoms with Crippen LogP contribution >= 0.6 is 0 Å². The number of aromatic nitrogens is 2. The van der Waals surface area contributed by atoms with Gasteiger partial charge in [-0.2, -0.15) is 0 Å². The number of oxazole rings is 1. The number of rotatable bonds is 9. The van der Waals surface area contributed by atoms with Crippen LogP contribution in [-0.4, -0.2) is 36.4 Å². The highest BCUT2D eigenvalue weighted by atomic mass is 32.2. The lowest BCUT2D eigenvalue weighted by atomic mass is 9.83. The molecule has 0 aliphatic heterocycles. The maximum absolute atomic E-state index is 13.8. The second-order valence-electron chi connectivity index (χ2n) is 10.7. The van der Waals surface area contributed by atoms with Crippen LogP contribution in [0.5, 0.6) is 0 Å². The van der Waals surface area contributed by atoms with Gasteiger partial charge in [0.15, 0.2) is 0 Å². The number of amides is 1. The molecule has 0 saturated carbocycles. The van der Waals surface area contributed by atoms with Crippen LogP contribution < -0.4 is 4.72 Å². The number of carbonyl (C=O) groups is 1. The van der Waals surface area contributed by atoms with Gasteiger partial charge in [0, 0.05) is 30.3 Å². The van der Waals surface area contributed by atoms with Gasteiger partial charge in [-0.25, -0.2) is 18.1 Å². The Morgan fingerprint density at radius 1 is 0.976 bits per heavy atom. The molecule has 5 rings (SSSR count). The van der Waals surface area contributed by atoms with Crippen molar-refractivity contribution in [3.8, 4) is 22.6 Å². The maximum atomic E-state index is 13.8. The quantitative estimate of drug-likeness (QED) is 0.214. The first-order chi connectivity index (χ1) is 20.0. The van der Waals surface area contributed by atoms with Gasteiger partial charge in [-0.1, -0.05) is 59.8 Å². The third-order valence-electron chi connectivity index (χ3n) is 7.42. The summed E-state index contributed by atoms with van der Waals surface area (Å²) in [6.45, 7) is 7.47. The van der Waals surface area contributed by atoms with Crippen LogP contribution in [0.2, 0.25) is 0 Å². The Balaban J connectivity index is 1.57. The molecule has 1 amide bonds. The maximum Gasteiger partial charge on any atom is 0.264 e. The van der Waals surface area contributed by atoms with E-state index in [1.54, 1.807) is 50.2 Å². The summed E-state index contributed by atoms with van der Waals surface area (Å²) in [6.07, 6.45) is 3.05. The van der Waals surface area contributed by atoms with Gasteiger partial charge in [0.1, 0.15) is 6.26 Å². The van der Waals surface area contributed by atoms with E-state index < -0.39 is 15.4 Å². The Morgan fingerprint density at radius 3 is 2.36 bits per heavy atom. The number of aryl methyl sites for hydroxylation is 1. The first-order valence-electron chi connectivity index (χ1n) is 13.4. The molecule has 3 aromatic carbocycles. The van der Waals surface area contributed by atoms with Crippen molar-refractivity contribution in [2.45, 2.75) is 44.6 Å². The van der Waals surface area contributed by atoms with Crippen LogP contribution in [0.25, 0.3) is 22.6 Å². The van der Waals surface area contributed by atoms with E-state index in [0.717, 1.165) is 11.1 Å². The fraction of sp³-hybridized carbons (Fsp3) is 0.219. The largest absolute Gasteiger partial charge is 0.445 e. The lowest BCUT2D eigenvalue weighted by Crippen LogP contribution is -2.41. The standard InChI is InChI=1S/C32H32N4O5S/c1-21-22(2)34-41-29(21)35-42(38,39)28-14-10-9-13-27(28)26-16-15-23(30-33-17-18-40-30)19-24(26)20-36(5)31(37)32(3,4)25-11-7-6-8-12-25/h6-19,35H,20H2,1-5H3. The fourth-order valence-electron chi connectivity index (χ4n) is 4.88. The zero-order chi connectivity index (χ0) is 30.1. The minimum Gasteiger partial charge on any atom is -0.445 e. The summed E-state index contributed by atoms with van der Waals surface area (Å²) in [5, 5.41) is 3.86. The number of carbonyl (C=O) groups excluding carboxylic acids is 1. The molecule has 0 atom stereocenters. The molecule has 0 aliphatic carbocycles. The number of hydrogen-bond donors (Lipinski definition) is 1. The topological polar surface area (TPSA) is 119 Å². The Hall–Kier alpha value is -4.70.